The number of hydrogen-bond acceptors (Lipinski definition) is 3. The van der Waals surface area contributed by atoms with Crippen LogP contribution in [0, 0.1) is 0 Å². The Labute approximate surface area is 93.0 Å². The van der Waals surface area contributed by atoms with E-state index < -0.39 is 0 Å². The van der Waals surface area contributed by atoms with Gasteiger partial charge in [-0.15, -0.1) is 0 Å². The topological polar surface area (TPSA) is 41.6 Å². The van der Waals surface area contributed by atoms with Crippen molar-refractivity contribution in [1.29, 1.82) is 0 Å². The van der Waals surface area contributed by atoms with Crippen LogP contribution < -0.4 is 5.32 Å². The molecule has 1 atom stereocenters. The van der Waals surface area contributed by atoms with E-state index in [4.69, 9.17) is 4.74 Å². The Morgan fingerprint density at radius 2 is 2.20 bits per heavy atom. The Bertz CT molecular complexity index is 174. The summed E-state index contributed by atoms with van der Waals surface area (Å²) in [6.07, 6.45) is 2.16. The lowest BCUT2D eigenvalue weighted by Crippen LogP contribution is -2.41. The molecule has 0 aliphatic rings. The second-order valence-corrected chi connectivity index (χ2v) is 3.81. The molecule has 0 aromatic heterocycles. The van der Waals surface area contributed by atoms with E-state index in [1.165, 1.54) is 0 Å². The lowest BCUT2D eigenvalue weighted by atomic mass is 10.2. The lowest BCUT2D eigenvalue weighted by Gasteiger charge is -2.24. The van der Waals surface area contributed by atoms with Crippen molar-refractivity contribution < 1.29 is 9.53 Å². The van der Waals surface area contributed by atoms with Crippen molar-refractivity contribution in [2.75, 3.05) is 33.9 Å². The van der Waals surface area contributed by atoms with Gasteiger partial charge in [-0.2, -0.15) is 0 Å². The maximum absolute atomic E-state index is 11.6. The van der Waals surface area contributed by atoms with Crippen molar-refractivity contribution in [3.05, 3.63) is 0 Å². The largest absolute Gasteiger partial charge is 0.383 e. The van der Waals surface area contributed by atoms with E-state index >= 15 is 0 Å². The first-order valence-corrected chi connectivity index (χ1v) is 5.58. The number of likely N-dealkylation sites (N-methyl/N-ethyl adjacent to an activating group) is 1. The number of ether oxygens (including phenoxy) is 1. The minimum absolute atomic E-state index is 0.145. The number of rotatable bonds is 8. The number of amides is 1. The molecule has 4 nitrogen and oxygen atoms in total. The standard InChI is InChI=1S/C11H24N2O2/c1-5-6-10(2)13(3)11(14)9-12-7-8-15-4/h10,12H,5-9H2,1-4H3. The predicted octanol–water partition coefficient (Wildman–Crippen LogP) is 0.869. The Morgan fingerprint density at radius 3 is 2.73 bits per heavy atom. The second kappa shape index (κ2) is 8.68. The fourth-order valence-corrected chi connectivity index (χ4v) is 1.35. The van der Waals surface area contributed by atoms with Crippen LogP contribution in [-0.2, 0) is 9.53 Å². The zero-order chi connectivity index (χ0) is 11.7. The zero-order valence-electron chi connectivity index (χ0n) is 10.4. The molecule has 1 amide bonds. The molecule has 1 unspecified atom stereocenters. The summed E-state index contributed by atoms with van der Waals surface area (Å²) < 4.78 is 4.88. The van der Waals surface area contributed by atoms with E-state index in [1.54, 1.807) is 7.11 Å². The second-order valence-electron chi connectivity index (χ2n) is 3.81. The molecule has 0 fully saturated rings. The molecular formula is C11H24N2O2. The number of nitrogens with zero attached hydrogens (tertiary/aromatic N) is 1. The van der Waals surface area contributed by atoms with E-state index in [0.29, 0.717) is 19.2 Å². The van der Waals surface area contributed by atoms with Crippen molar-refractivity contribution in [2.24, 2.45) is 0 Å². The normalized spacial score (nSPS) is 12.5. The fourth-order valence-electron chi connectivity index (χ4n) is 1.35. The van der Waals surface area contributed by atoms with Gasteiger partial charge in [-0.1, -0.05) is 13.3 Å². The van der Waals surface area contributed by atoms with Gasteiger partial charge in [0, 0.05) is 26.7 Å². The molecule has 90 valence electrons. The first-order valence-electron chi connectivity index (χ1n) is 5.58. The quantitative estimate of drug-likeness (QED) is 0.612. The van der Waals surface area contributed by atoms with E-state index in [2.05, 4.69) is 19.2 Å². The first kappa shape index (κ1) is 14.4. The summed E-state index contributed by atoms with van der Waals surface area (Å²) >= 11 is 0. The minimum atomic E-state index is 0.145. The third-order valence-corrected chi connectivity index (χ3v) is 2.52. The van der Waals surface area contributed by atoms with E-state index in [9.17, 15) is 4.79 Å². The van der Waals surface area contributed by atoms with Gasteiger partial charge in [0.2, 0.25) is 5.91 Å². The zero-order valence-corrected chi connectivity index (χ0v) is 10.4. The fraction of sp³-hybridized carbons (Fsp3) is 0.909. The van der Waals surface area contributed by atoms with E-state index in [-0.39, 0.29) is 5.91 Å². The van der Waals surface area contributed by atoms with Crippen LogP contribution in [-0.4, -0.2) is 50.7 Å². The third-order valence-electron chi connectivity index (χ3n) is 2.52. The van der Waals surface area contributed by atoms with Gasteiger partial charge >= 0.3 is 0 Å². The first-order chi connectivity index (χ1) is 7.13. The van der Waals surface area contributed by atoms with Gasteiger partial charge in [0.1, 0.15) is 0 Å². The van der Waals surface area contributed by atoms with Crippen LogP contribution in [0.4, 0.5) is 0 Å². The molecule has 1 N–H and O–H groups in total. The number of carbonyl (C=O) groups is 1. The molecule has 0 aliphatic heterocycles. The third kappa shape index (κ3) is 6.47. The summed E-state index contributed by atoms with van der Waals surface area (Å²) in [4.78, 5) is 13.5. The van der Waals surface area contributed by atoms with Crippen molar-refractivity contribution in [2.45, 2.75) is 32.7 Å². The number of methoxy groups -OCH3 is 1. The van der Waals surface area contributed by atoms with Gasteiger partial charge in [-0.3, -0.25) is 4.79 Å². The van der Waals surface area contributed by atoms with E-state index in [1.807, 2.05) is 11.9 Å². The molecule has 0 rings (SSSR count). The van der Waals surface area contributed by atoms with Crippen LogP contribution in [0.25, 0.3) is 0 Å². The summed E-state index contributed by atoms with van der Waals surface area (Å²) in [7, 11) is 3.51. The average molecular weight is 216 g/mol. The molecule has 0 radical (unpaired) electrons. The number of hydrogen-bond donors (Lipinski definition) is 1. The summed E-state index contributed by atoms with van der Waals surface area (Å²) in [5.41, 5.74) is 0. The van der Waals surface area contributed by atoms with Gasteiger partial charge in [-0.05, 0) is 13.3 Å². The highest BCUT2D eigenvalue weighted by molar-refractivity contribution is 5.78. The number of nitrogens with one attached hydrogen (secondary N) is 1. The highest BCUT2D eigenvalue weighted by atomic mass is 16.5. The molecule has 0 bridgehead atoms. The highest BCUT2D eigenvalue weighted by Gasteiger charge is 2.13. The van der Waals surface area contributed by atoms with Crippen molar-refractivity contribution >= 4 is 5.91 Å². The molecule has 0 aliphatic carbocycles. The summed E-state index contributed by atoms with van der Waals surface area (Å²) in [5.74, 6) is 0.145. The Balaban J connectivity index is 3.68. The van der Waals surface area contributed by atoms with Crippen LogP contribution >= 0.6 is 0 Å². The van der Waals surface area contributed by atoms with Crippen molar-refractivity contribution in [1.82, 2.24) is 10.2 Å². The van der Waals surface area contributed by atoms with Gasteiger partial charge in [0.05, 0.1) is 13.2 Å². The SMILES string of the molecule is CCCC(C)N(C)C(=O)CNCCOC. The maximum atomic E-state index is 11.6. The van der Waals surface area contributed by atoms with Gasteiger partial charge in [-0.25, -0.2) is 0 Å². The number of carbonyl (C=O) groups excluding carboxylic acids is 1. The molecular weight excluding hydrogens is 192 g/mol. The maximum Gasteiger partial charge on any atom is 0.236 e. The van der Waals surface area contributed by atoms with Crippen LogP contribution in [0.3, 0.4) is 0 Å². The molecule has 15 heavy (non-hydrogen) atoms. The smallest absolute Gasteiger partial charge is 0.236 e. The minimum Gasteiger partial charge on any atom is -0.383 e. The van der Waals surface area contributed by atoms with Crippen LogP contribution in [0.5, 0.6) is 0 Å². The summed E-state index contributed by atoms with van der Waals surface area (Å²) in [6.45, 7) is 5.97. The highest BCUT2D eigenvalue weighted by Crippen LogP contribution is 2.03. The molecule has 0 saturated heterocycles. The molecule has 0 saturated carbocycles. The molecule has 0 aromatic rings. The van der Waals surface area contributed by atoms with Crippen molar-refractivity contribution in [3.8, 4) is 0 Å². The van der Waals surface area contributed by atoms with E-state index in [0.717, 1.165) is 19.4 Å². The average Bonchev–Trinajstić information content (AvgIpc) is 2.23. The Hall–Kier alpha value is -0.610. The lowest BCUT2D eigenvalue weighted by molar-refractivity contribution is -0.130. The molecule has 0 spiro atoms. The van der Waals surface area contributed by atoms with Gasteiger partial charge in [0.15, 0.2) is 0 Å². The van der Waals surface area contributed by atoms with Gasteiger partial charge < -0.3 is 15.0 Å². The molecule has 0 aromatic carbocycles. The Morgan fingerprint density at radius 1 is 1.53 bits per heavy atom. The molecule has 4 heteroatoms. The predicted molar refractivity (Wildman–Crippen MR) is 61.9 cm³/mol. The summed E-state index contributed by atoms with van der Waals surface area (Å²) in [6, 6.07) is 0.326. The van der Waals surface area contributed by atoms with Gasteiger partial charge in [0.25, 0.3) is 0 Å². The van der Waals surface area contributed by atoms with Crippen LogP contribution in [0.1, 0.15) is 26.7 Å². The molecule has 0 heterocycles. The van der Waals surface area contributed by atoms with Crippen molar-refractivity contribution in [3.63, 3.8) is 0 Å². The van der Waals surface area contributed by atoms with Crippen LogP contribution in [0.2, 0.25) is 0 Å². The van der Waals surface area contributed by atoms with Crippen LogP contribution in [0.15, 0.2) is 0 Å². The monoisotopic (exact) mass is 216 g/mol. The summed E-state index contributed by atoms with van der Waals surface area (Å²) in [5, 5.41) is 3.05. The Kier molecular flexibility index (Phi) is 8.33.